The molecule has 2 fully saturated rings. The van der Waals surface area contributed by atoms with E-state index >= 15 is 0 Å². The number of aliphatic imine (C=N–C) groups is 1. The van der Waals surface area contributed by atoms with Crippen LogP contribution in [0.5, 0.6) is 0 Å². The van der Waals surface area contributed by atoms with Crippen molar-refractivity contribution in [3.8, 4) is 0 Å². The number of piperidine rings is 1. The number of nitrogens with one attached hydrogen (secondary N) is 1. The van der Waals surface area contributed by atoms with Gasteiger partial charge in [-0.25, -0.2) is 5.01 Å². The van der Waals surface area contributed by atoms with Crippen LogP contribution < -0.4 is 5.43 Å². The summed E-state index contributed by atoms with van der Waals surface area (Å²) in [5, 5.41) is 3.61. The van der Waals surface area contributed by atoms with Crippen molar-refractivity contribution in [1.82, 2.24) is 10.4 Å². The molecule has 0 amide bonds. The zero-order chi connectivity index (χ0) is 14.0. The molecule has 0 aromatic heterocycles. The summed E-state index contributed by atoms with van der Waals surface area (Å²) in [4.78, 5) is 4.90. The van der Waals surface area contributed by atoms with Crippen molar-refractivity contribution >= 4 is 16.9 Å². The topological polar surface area (TPSA) is 27.6 Å². The van der Waals surface area contributed by atoms with Crippen LogP contribution in [-0.4, -0.2) is 34.6 Å². The first kappa shape index (κ1) is 14.7. The molecule has 1 saturated heterocycles. The van der Waals surface area contributed by atoms with Crippen LogP contribution in [0.1, 0.15) is 65.2 Å². The van der Waals surface area contributed by atoms with E-state index in [1.807, 2.05) is 11.8 Å². The number of rotatable bonds is 1. The SMILES string of the molecule is CC1CCCC(C)N1NC1=NCC2(CCCCC2)CS1. The van der Waals surface area contributed by atoms with E-state index in [0.29, 0.717) is 17.5 Å². The average molecular weight is 295 g/mol. The maximum atomic E-state index is 4.90. The summed E-state index contributed by atoms with van der Waals surface area (Å²) >= 11 is 1.96. The standard InChI is InChI=1S/C16H29N3S/c1-13-7-6-8-14(2)19(13)18-15-17-11-16(12-20-15)9-4-3-5-10-16/h13-14H,3-12H2,1-2H3,(H,17,18). The Hall–Kier alpha value is -0.220. The van der Waals surface area contributed by atoms with Crippen LogP contribution in [-0.2, 0) is 0 Å². The van der Waals surface area contributed by atoms with Gasteiger partial charge in [-0.3, -0.25) is 10.4 Å². The normalized spacial score (nSPS) is 34.8. The van der Waals surface area contributed by atoms with E-state index in [9.17, 15) is 0 Å². The van der Waals surface area contributed by atoms with Gasteiger partial charge < -0.3 is 0 Å². The lowest BCUT2D eigenvalue weighted by Gasteiger charge is -2.42. The second-order valence-corrected chi connectivity index (χ2v) is 8.08. The Morgan fingerprint density at radius 1 is 1.10 bits per heavy atom. The summed E-state index contributed by atoms with van der Waals surface area (Å²) in [5.41, 5.74) is 4.16. The number of hydrogen-bond donors (Lipinski definition) is 1. The van der Waals surface area contributed by atoms with Crippen LogP contribution in [0.2, 0.25) is 0 Å². The number of hydrazine groups is 1. The van der Waals surface area contributed by atoms with E-state index in [0.717, 1.165) is 6.54 Å². The van der Waals surface area contributed by atoms with Gasteiger partial charge in [0.05, 0.1) is 0 Å². The molecule has 2 unspecified atom stereocenters. The van der Waals surface area contributed by atoms with Gasteiger partial charge in [-0.05, 0) is 44.9 Å². The van der Waals surface area contributed by atoms with Crippen molar-refractivity contribution in [1.29, 1.82) is 0 Å². The molecule has 1 aliphatic carbocycles. The predicted molar refractivity (Wildman–Crippen MR) is 88.0 cm³/mol. The lowest BCUT2D eigenvalue weighted by atomic mass is 9.75. The van der Waals surface area contributed by atoms with Gasteiger partial charge in [0.25, 0.3) is 0 Å². The zero-order valence-corrected chi connectivity index (χ0v) is 13.8. The Kier molecular flexibility index (Phi) is 4.61. The maximum absolute atomic E-state index is 4.90. The predicted octanol–water partition coefficient (Wildman–Crippen LogP) is 3.81. The molecule has 1 spiro atoms. The highest BCUT2D eigenvalue weighted by atomic mass is 32.2. The summed E-state index contributed by atoms with van der Waals surface area (Å²) < 4.78 is 0. The van der Waals surface area contributed by atoms with E-state index in [-0.39, 0.29) is 0 Å². The van der Waals surface area contributed by atoms with E-state index in [1.54, 1.807) is 0 Å². The van der Waals surface area contributed by atoms with Gasteiger partial charge in [0, 0.05) is 24.4 Å². The molecule has 0 aromatic carbocycles. The third kappa shape index (κ3) is 3.16. The van der Waals surface area contributed by atoms with Gasteiger partial charge >= 0.3 is 0 Å². The molecule has 3 aliphatic rings. The lowest BCUT2D eigenvalue weighted by Crippen LogP contribution is -2.54. The summed E-state index contributed by atoms with van der Waals surface area (Å²) in [6.45, 7) is 5.72. The van der Waals surface area contributed by atoms with Crippen LogP contribution in [0.25, 0.3) is 0 Å². The minimum atomic E-state index is 0.535. The quantitative estimate of drug-likeness (QED) is 0.797. The zero-order valence-electron chi connectivity index (χ0n) is 13.0. The van der Waals surface area contributed by atoms with Crippen LogP contribution in [0.15, 0.2) is 4.99 Å². The second kappa shape index (κ2) is 6.27. The Balaban J connectivity index is 1.58. The van der Waals surface area contributed by atoms with E-state index in [1.165, 1.54) is 62.3 Å². The molecule has 0 bridgehead atoms. The molecule has 0 aromatic rings. The molecular formula is C16H29N3S. The molecule has 0 radical (unpaired) electrons. The third-order valence-electron chi connectivity index (χ3n) is 5.41. The fourth-order valence-electron chi connectivity index (χ4n) is 3.98. The highest BCUT2D eigenvalue weighted by Crippen LogP contribution is 2.41. The molecule has 20 heavy (non-hydrogen) atoms. The van der Waals surface area contributed by atoms with Crippen LogP contribution in [0, 0.1) is 5.41 Å². The van der Waals surface area contributed by atoms with Crippen LogP contribution in [0.4, 0.5) is 0 Å². The first-order chi connectivity index (χ1) is 9.69. The highest BCUT2D eigenvalue weighted by Gasteiger charge is 2.35. The minimum Gasteiger partial charge on any atom is -0.297 e. The van der Waals surface area contributed by atoms with Crippen molar-refractivity contribution in [2.24, 2.45) is 10.4 Å². The Morgan fingerprint density at radius 3 is 2.40 bits per heavy atom. The van der Waals surface area contributed by atoms with Gasteiger partial charge in [-0.2, -0.15) is 0 Å². The molecule has 4 heteroatoms. The largest absolute Gasteiger partial charge is 0.297 e. The minimum absolute atomic E-state index is 0.535. The molecule has 2 heterocycles. The van der Waals surface area contributed by atoms with Gasteiger partial charge in [0.2, 0.25) is 0 Å². The molecular weight excluding hydrogens is 266 g/mol. The summed E-state index contributed by atoms with van der Waals surface area (Å²) in [6, 6.07) is 1.26. The highest BCUT2D eigenvalue weighted by molar-refractivity contribution is 8.13. The van der Waals surface area contributed by atoms with Gasteiger partial charge in [-0.15, -0.1) is 0 Å². The first-order valence-corrected chi connectivity index (χ1v) is 9.39. The van der Waals surface area contributed by atoms with Crippen LogP contribution in [0.3, 0.4) is 0 Å². The smallest absolute Gasteiger partial charge is 0.171 e. The Bertz CT molecular complexity index is 353. The summed E-state index contributed by atoms with van der Waals surface area (Å²) in [7, 11) is 0. The summed E-state index contributed by atoms with van der Waals surface area (Å²) in [6.07, 6.45) is 11.0. The molecule has 1 saturated carbocycles. The molecule has 3 rings (SSSR count). The van der Waals surface area contributed by atoms with E-state index < -0.39 is 0 Å². The molecule has 114 valence electrons. The molecule has 2 aliphatic heterocycles. The number of amidine groups is 1. The third-order valence-corrected chi connectivity index (χ3v) is 6.66. The molecule has 3 nitrogen and oxygen atoms in total. The lowest BCUT2D eigenvalue weighted by molar-refractivity contribution is 0.0748. The van der Waals surface area contributed by atoms with Crippen molar-refractivity contribution < 1.29 is 0 Å². The van der Waals surface area contributed by atoms with Crippen molar-refractivity contribution in [3.63, 3.8) is 0 Å². The molecule has 1 N–H and O–H groups in total. The first-order valence-electron chi connectivity index (χ1n) is 8.41. The fraction of sp³-hybridized carbons (Fsp3) is 0.938. The second-order valence-electron chi connectivity index (χ2n) is 7.12. The molecule has 2 atom stereocenters. The van der Waals surface area contributed by atoms with Gasteiger partial charge in [-0.1, -0.05) is 37.4 Å². The van der Waals surface area contributed by atoms with E-state index in [2.05, 4.69) is 24.3 Å². The Morgan fingerprint density at radius 2 is 1.80 bits per heavy atom. The van der Waals surface area contributed by atoms with Gasteiger partial charge in [0.1, 0.15) is 0 Å². The fourth-order valence-corrected chi connectivity index (χ4v) is 5.12. The summed E-state index contributed by atoms with van der Waals surface area (Å²) in [5.74, 6) is 1.27. The maximum Gasteiger partial charge on any atom is 0.171 e. The average Bonchev–Trinajstić information content (AvgIpc) is 2.46. The van der Waals surface area contributed by atoms with Crippen molar-refractivity contribution in [2.45, 2.75) is 77.3 Å². The number of nitrogens with zero attached hydrogens (tertiary/aromatic N) is 2. The Labute approximate surface area is 127 Å². The van der Waals surface area contributed by atoms with Crippen LogP contribution >= 0.6 is 11.8 Å². The van der Waals surface area contributed by atoms with Crippen molar-refractivity contribution in [3.05, 3.63) is 0 Å². The number of hydrogen-bond acceptors (Lipinski definition) is 4. The number of thioether (sulfide) groups is 1. The monoisotopic (exact) mass is 295 g/mol. The van der Waals surface area contributed by atoms with Gasteiger partial charge in [0.15, 0.2) is 5.17 Å². The van der Waals surface area contributed by atoms with E-state index in [4.69, 9.17) is 4.99 Å². The van der Waals surface area contributed by atoms with Crippen molar-refractivity contribution in [2.75, 3.05) is 12.3 Å².